The first-order valence-electron chi connectivity index (χ1n) is 4.78. The summed E-state index contributed by atoms with van der Waals surface area (Å²) >= 11 is 0. The summed E-state index contributed by atoms with van der Waals surface area (Å²) in [4.78, 5) is 14.2. The van der Waals surface area contributed by atoms with Crippen molar-refractivity contribution in [2.45, 2.75) is 18.4 Å². The summed E-state index contributed by atoms with van der Waals surface area (Å²) in [6.45, 7) is 0. The monoisotopic (exact) mass is 200 g/mol. The molecule has 0 unspecified atom stereocenters. The number of isocyanates is 1. The number of rotatable bonds is 2. The molecule has 2 aromatic rings. The Labute approximate surface area is 85.6 Å². The second kappa shape index (κ2) is 2.78. The molecule has 0 amide bonds. The van der Waals surface area contributed by atoms with Gasteiger partial charge in [0.05, 0.1) is 11.7 Å². The van der Waals surface area contributed by atoms with Gasteiger partial charge in [-0.05, 0) is 30.5 Å². The van der Waals surface area contributed by atoms with E-state index in [9.17, 15) is 4.79 Å². The van der Waals surface area contributed by atoms with E-state index < -0.39 is 0 Å². The predicted octanol–water partition coefficient (Wildman–Crippen LogP) is 2.15. The molecule has 0 radical (unpaired) electrons. The Hall–Kier alpha value is -1.93. The molecule has 3 rings (SSSR count). The van der Waals surface area contributed by atoms with Gasteiger partial charge in [-0.25, -0.2) is 4.79 Å². The van der Waals surface area contributed by atoms with Crippen LogP contribution in [0.2, 0.25) is 0 Å². The van der Waals surface area contributed by atoms with Crippen LogP contribution in [0.4, 0.5) is 0 Å². The van der Waals surface area contributed by atoms with Crippen LogP contribution in [0.15, 0.2) is 33.9 Å². The number of hydrogen-bond acceptors (Lipinski definition) is 4. The molecule has 4 nitrogen and oxygen atoms in total. The van der Waals surface area contributed by atoms with E-state index in [1.807, 2.05) is 18.2 Å². The predicted molar refractivity (Wildman–Crippen MR) is 53.0 cm³/mol. The van der Waals surface area contributed by atoms with Crippen molar-refractivity contribution in [3.63, 3.8) is 0 Å². The van der Waals surface area contributed by atoms with Gasteiger partial charge in [0.15, 0.2) is 5.58 Å². The highest BCUT2D eigenvalue weighted by atomic mass is 16.5. The first-order chi connectivity index (χ1) is 7.34. The van der Waals surface area contributed by atoms with Crippen LogP contribution in [-0.2, 0) is 10.3 Å². The average Bonchev–Trinajstić information content (AvgIpc) is 2.89. The Kier molecular flexibility index (Phi) is 1.55. The van der Waals surface area contributed by atoms with Crippen LogP contribution < -0.4 is 0 Å². The zero-order valence-corrected chi connectivity index (χ0v) is 7.93. The average molecular weight is 200 g/mol. The van der Waals surface area contributed by atoms with Crippen LogP contribution in [0.25, 0.3) is 11.0 Å². The Morgan fingerprint density at radius 3 is 3.07 bits per heavy atom. The molecule has 1 aromatic heterocycles. The number of aromatic nitrogens is 1. The van der Waals surface area contributed by atoms with E-state index >= 15 is 0 Å². The van der Waals surface area contributed by atoms with E-state index in [0.717, 1.165) is 29.4 Å². The van der Waals surface area contributed by atoms with Crippen molar-refractivity contribution in [2.24, 2.45) is 4.99 Å². The minimum Gasteiger partial charge on any atom is -0.356 e. The van der Waals surface area contributed by atoms with Gasteiger partial charge < -0.3 is 4.52 Å². The number of aliphatic imine (C=N–C) groups is 1. The highest BCUT2D eigenvalue weighted by Crippen LogP contribution is 2.49. The van der Waals surface area contributed by atoms with Crippen molar-refractivity contribution in [3.8, 4) is 0 Å². The molecular formula is C11H8N2O2. The third-order valence-corrected chi connectivity index (χ3v) is 2.87. The summed E-state index contributed by atoms with van der Waals surface area (Å²) in [7, 11) is 0. The first-order valence-corrected chi connectivity index (χ1v) is 4.78. The highest BCUT2D eigenvalue weighted by molar-refractivity contribution is 5.77. The van der Waals surface area contributed by atoms with Gasteiger partial charge in [0.25, 0.3) is 0 Å². The number of nitrogens with zero attached hydrogens (tertiary/aromatic N) is 2. The van der Waals surface area contributed by atoms with E-state index in [1.54, 1.807) is 12.3 Å². The molecule has 0 saturated heterocycles. The fourth-order valence-corrected chi connectivity index (χ4v) is 1.83. The van der Waals surface area contributed by atoms with E-state index in [4.69, 9.17) is 4.52 Å². The van der Waals surface area contributed by atoms with Crippen molar-refractivity contribution < 1.29 is 9.32 Å². The molecule has 1 aliphatic carbocycles. The van der Waals surface area contributed by atoms with Crippen molar-refractivity contribution in [2.75, 3.05) is 0 Å². The second-order valence-corrected chi connectivity index (χ2v) is 3.81. The quantitative estimate of drug-likeness (QED) is 0.551. The van der Waals surface area contributed by atoms with Crippen LogP contribution in [0.3, 0.4) is 0 Å². The Morgan fingerprint density at radius 2 is 2.33 bits per heavy atom. The van der Waals surface area contributed by atoms with Gasteiger partial charge >= 0.3 is 0 Å². The highest BCUT2D eigenvalue weighted by Gasteiger charge is 2.44. The zero-order chi connectivity index (χ0) is 10.3. The Morgan fingerprint density at radius 1 is 1.47 bits per heavy atom. The fraction of sp³-hybridized carbons (Fsp3) is 0.273. The molecule has 0 bridgehead atoms. The molecule has 0 aliphatic heterocycles. The minimum absolute atomic E-state index is 0.312. The molecular weight excluding hydrogens is 192 g/mol. The van der Waals surface area contributed by atoms with E-state index in [-0.39, 0.29) is 5.54 Å². The molecule has 74 valence electrons. The van der Waals surface area contributed by atoms with Crippen molar-refractivity contribution in [1.29, 1.82) is 0 Å². The minimum atomic E-state index is -0.312. The van der Waals surface area contributed by atoms with Gasteiger partial charge in [-0.1, -0.05) is 11.2 Å². The molecule has 1 heterocycles. The Bertz CT molecular complexity index is 563. The van der Waals surface area contributed by atoms with Crippen molar-refractivity contribution in [1.82, 2.24) is 5.16 Å². The number of carbonyl (C=O) groups excluding carboxylic acids is 1. The molecule has 0 N–H and O–H groups in total. The van der Waals surface area contributed by atoms with Gasteiger partial charge in [-0.3, -0.25) is 0 Å². The lowest BCUT2D eigenvalue weighted by molar-refractivity contribution is 0.456. The van der Waals surface area contributed by atoms with Gasteiger partial charge in [-0.15, -0.1) is 0 Å². The summed E-state index contributed by atoms with van der Waals surface area (Å²) in [5, 5.41) is 4.65. The van der Waals surface area contributed by atoms with Crippen molar-refractivity contribution in [3.05, 3.63) is 30.0 Å². The lowest BCUT2D eigenvalue weighted by Crippen LogP contribution is -2.01. The summed E-state index contributed by atoms with van der Waals surface area (Å²) in [6, 6.07) is 5.76. The van der Waals surface area contributed by atoms with Crippen LogP contribution >= 0.6 is 0 Å². The number of fused-ring (bicyclic) bond motifs is 1. The smallest absolute Gasteiger partial charge is 0.235 e. The summed E-state index contributed by atoms with van der Waals surface area (Å²) < 4.78 is 5.01. The summed E-state index contributed by atoms with van der Waals surface area (Å²) in [5.74, 6) is 0. The lowest BCUT2D eigenvalue weighted by Gasteiger charge is -2.06. The first kappa shape index (κ1) is 8.38. The standard InChI is InChI=1S/C11H8N2O2/c14-7-12-11(3-4-11)9-1-2-10-8(5-9)6-13-15-10/h1-2,5-6H,3-4H2. The zero-order valence-electron chi connectivity index (χ0n) is 7.93. The molecule has 0 atom stereocenters. The molecule has 1 aromatic carbocycles. The SMILES string of the molecule is O=C=NC1(c2ccc3oncc3c2)CC1. The normalized spacial score (nSPS) is 17.3. The third kappa shape index (κ3) is 1.19. The van der Waals surface area contributed by atoms with Gasteiger partial charge in [0.1, 0.15) is 0 Å². The molecule has 15 heavy (non-hydrogen) atoms. The maximum Gasteiger partial charge on any atom is 0.235 e. The van der Waals surface area contributed by atoms with Crippen LogP contribution in [-0.4, -0.2) is 11.2 Å². The molecule has 1 aliphatic rings. The fourth-order valence-electron chi connectivity index (χ4n) is 1.83. The topological polar surface area (TPSA) is 55.5 Å². The molecule has 0 spiro atoms. The van der Waals surface area contributed by atoms with E-state index in [1.165, 1.54) is 0 Å². The van der Waals surface area contributed by atoms with Gasteiger partial charge in [0, 0.05) is 5.39 Å². The second-order valence-electron chi connectivity index (χ2n) is 3.81. The number of benzene rings is 1. The van der Waals surface area contributed by atoms with E-state index in [0.29, 0.717) is 0 Å². The van der Waals surface area contributed by atoms with Crippen LogP contribution in [0.5, 0.6) is 0 Å². The summed E-state index contributed by atoms with van der Waals surface area (Å²) in [5.41, 5.74) is 1.49. The maximum atomic E-state index is 10.3. The molecule has 4 heteroatoms. The lowest BCUT2D eigenvalue weighted by atomic mass is 10.0. The molecule has 1 saturated carbocycles. The maximum absolute atomic E-state index is 10.3. The Balaban J connectivity index is 2.15. The van der Waals surface area contributed by atoms with Gasteiger partial charge in [-0.2, -0.15) is 4.99 Å². The number of hydrogen-bond donors (Lipinski definition) is 0. The van der Waals surface area contributed by atoms with E-state index in [2.05, 4.69) is 10.1 Å². The van der Waals surface area contributed by atoms with Crippen LogP contribution in [0.1, 0.15) is 18.4 Å². The largest absolute Gasteiger partial charge is 0.356 e. The van der Waals surface area contributed by atoms with Gasteiger partial charge in [0.2, 0.25) is 6.08 Å². The third-order valence-electron chi connectivity index (χ3n) is 2.87. The summed E-state index contributed by atoms with van der Waals surface area (Å²) in [6.07, 6.45) is 5.14. The molecule has 1 fully saturated rings. The van der Waals surface area contributed by atoms with Crippen molar-refractivity contribution >= 4 is 17.0 Å². The van der Waals surface area contributed by atoms with Crippen LogP contribution in [0, 0.1) is 0 Å².